The first kappa shape index (κ1) is 77.0. The molecule has 0 spiro atoms. The standard InChI is InChI=1S/C70H121NO13/c1-3-5-7-9-11-13-15-17-19-21-23-24-25-26-27-28-29-30-31-32-33-34-36-37-39-41-43-45-47-49-51-53-59(74)58(71-62(75)54-52-50-48-46-44-42-40-38-35-22-20-18-16-14-12-10-8-6-4-2)57-81-69-67(80)65(78)68(61(56-73)83-69)84-70-66(79)64(77)63(76)60(55-72)82-70/h6,8,12,14,18,20,35-38,42-45,51,53,58-61,63-70,72-74,76-80H,3-5,7,9-11,13,15-17,19,21-34,39-41,46-50,52,54-57H2,1-2H3,(H,71,75)/b8-6-,14-12-,20-18-,37-36+,38-35-,44-42-,45-43+,53-51+. The van der Waals surface area contributed by atoms with Crippen molar-refractivity contribution in [3.8, 4) is 0 Å². The minimum absolute atomic E-state index is 0.225. The third kappa shape index (κ3) is 38.2. The SMILES string of the molecule is CC/C=C\C/C=C\C/C=C\C/C=C\C/C=C\CCCCCC(=O)NC(COC1OC(CO)C(OC2OC(CO)C(O)C(O)C2O)C(O)C1O)C(O)/C=C/CC/C=C/CC/C=C/CCCCCCCCCCCCCCCCCCCCCCC. The van der Waals surface area contributed by atoms with E-state index in [9.17, 15) is 45.6 Å². The van der Waals surface area contributed by atoms with Crippen LogP contribution in [0.1, 0.15) is 245 Å². The van der Waals surface area contributed by atoms with E-state index in [1.807, 2.05) is 6.08 Å². The summed E-state index contributed by atoms with van der Waals surface area (Å²) in [5.41, 5.74) is 0. The number of carbonyl (C=O) groups excluding carboxylic acids is 1. The molecule has 1 amide bonds. The van der Waals surface area contributed by atoms with Crippen LogP contribution in [-0.2, 0) is 23.7 Å². The second-order valence-electron chi connectivity index (χ2n) is 23.2. The summed E-state index contributed by atoms with van der Waals surface area (Å²) in [4.78, 5) is 13.3. The van der Waals surface area contributed by atoms with Gasteiger partial charge in [0.25, 0.3) is 0 Å². The quantitative estimate of drug-likeness (QED) is 0.0204. The molecule has 2 aliphatic heterocycles. The van der Waals surface area contributed by atoms with Crippen LogP contribution >= 0.6 is 0 Å². The zero-order valence-electron chi connectivity index (χ0n) is 52.4. The van der Waals surface area contributed by atoms with Gasteiger partial charge in [-0.1, -0.05) is 246 Å². The minimum atomic E-state index is -1.80. The second-order valence-corrected chi connectivity index (χ2v) is 23.2. The monoisotopic (exact) mass is 1180 g/mol. The van der Waals surface area contributed by atoms with Crippen LogP contribution < -0.4 is 5.32 Å². The maximum absolute atomic E-state index is 13.3. The van der Waals surface area contributed by atoms with Crippen molar-refractivity contribution in [3.63, 3.8) is 0 Å². The van der Waals surface area contributed by atoms with E-state index < -0.39 is 86.8 Å². The van der Waals surface area contributed by atoms with Gasteiger partial charge in [0.2, 0.25) is 5.91 Å². The van der Waals surface area contributed by atoms with Crippen molar-refractivity contribution in [2.24, 2.45) is 0 Å². The van der Waals surface area contributed by atoms with Crippen molar-refractivity contribution in [2.75, 3.05) is 19.8 Å². The van der Waals surface area contributed by atoms with Crippen LogP contribution in [0.5, 0.6) is 0 Å². The molecule has 2 rings (SSSR count). The van der Waals surface area contributed by atoms with Gasteiger partial charge < -0.3 is 65.1 Å². The fourth-order valence-corrected chi connectivity index (χ4v) is 10.4. The number of amides is 1. The third-order valence-electron chi connectivity index (χ3n) is 15.7. The number of ether oxygens (including phenoxy) is 4. The van der Waals surface area contributed by atoms with Crippen molar-refractivity contribution in [2.45, 2.75) is 319 Å². The van der Waals surface area contributed by atoms with Gasteiger partial charge in [-0.05, 0) is 89.9 Å². The molecule has 0 bridgehead atoms. The van der Waals surface area contributed by atoms with E-state index in [4.69, 9.17) is 18.9 Å². The van der Waals surface area contributed by atoms with Crippen LogP contribution in [0, 0.1) is 0 Å². The van der Waals surface area contributed by atoms with Crippen molar-refractivity contribution in [3.05, 3.63) is 97.2 Å². The van der Waals surface area contributed by atoms with Gasteiger partial charge >= 0.3 is 0 Å². The van der Waals surface area contributed by atoms with Crippen LogP contribution in [0.15, 0.2) is 97.2 Å². The summed E-state index contributed by atoms with van der Waals surface area (Å²) < 4.78 is 22.8. The molecule has 12 atom stereocenters. The van der Waals surface area contributed by atoms with Crippen LogP contribution in [0.2, 0.25) is 0 Å². The second kappa shape index (κ2) is 54.1. The lowest BCUT2D eigenvalue weighted by atomic mass is 9.97. The van der Waals surface area contributed by atoms with E-state index in [1.165, 1.54) is 135 Å². The number of aliphatic hydroxyl groups is 8. The van der Waals surface area contributed by atoms with E-state index in [0.29, 0.717) is 12.8 Å². The molecule has 0 aromatic rings. The van der Waals surface area contributed by atoms with Crippen LogP contribution in [0.25, 0.3) is 0 Å². The molecule has 0 saturated carbocycles. The van der Waals surface area contributed by atoms with Gasteiger partial charge in [0.1, 0.15) is 48.8 Å². The highest BCUT2D eigenvalue weighted by Crippen LogP contribution is 2.30. The van der Waals surface area contributed by atoms with Gasteiger partial charge in [-0.25, -0.2) is 0 Å². The van der Waals surface area contributed by atoms with Crippen molar-refractivity contribution in [1.82, 2.24) is 5.32 Å². The Morgan fingerprint density at radius 3 is 1.31 bits per heavy atom. The maximum atomic E-state index is 13.3. The fraction of sp³-hybridized carbons (Fsp3) is 0.757. The summed E-state index contributed by atoms with van der Waals surface area (Å²) in [5.74, 6) is -0.287. The highest BCUT2D eigenvalue weighted by Gasteiger charge is 2.51. The summed E-state index contributed by atoms with van der Waals surface area (Å²) in [7, 11) is 0. The van der Waals surface area contributed by atoms with E-state index in [1.54, 1.807) is 6.08 Å². The Hall–Kier alpha value is -3.09. The lowest BCUT2D eigenvalue weighted by Crippen LogP contribution is -2.65. The number of aliphatic hydroxyl groups excluding tert-OH is 8. The Morgan fingerprint density at radius 2 is 0.833 bits per heavy atom. The predicted molar refractivity (Wildman–Crippen MR) is 341 cm³/mol. The summed E-state index contributed by atoms with van der Waals surface area (Å²) in [6.45, 7) is 2.64. The van der Waals surface area contributed by atoms with E-state index >= 15 is 0 Å². The first-order valence-corrected chi connectivity index (χ1v) is 33.5. The molecule has 14 nitrogen and oxygen atoms in total. The first-order valence-electron chi connectivity index (χ1n) is 33.5. The van der Waals surface area contributed by atoms with Gasteiger partial charge in [-0.3, -0.25) is 4.79 Å². The van der Waals surface area contributed by atoms with Gasteiger partial charge in [0, 0.05) is 6.42 Å². The van der Waals surface area contributed by atoms with Gasteiger partial charge in [-0.15, -0.1) is 0 Å². The molecule has 0 aromatic heterocycles. The van der Waals surface area contributed by atoms with Gasteiger partial charge in [0.05, 0.1) is 32.0 Å². The van der Waals surface area contributed by atoms with Crippen molar-refractivity contribution < 1.29 is 64.6 Å². The molecule has 2 fully saturated rings. The predicted octanol–water partition coefficient (Wildman–Crippen LogP) is 13.0. The zero-order chi connectivity index (χ0) is 60.9. The van der Waals surface area contributed by atoms with E-state index in [-0.39, 0.29) is 18.9 Å². The molecule has 484 valence electrons. The molecule has 2 aliphatic rings. The molecule has 0 radical (unpaired) electrons. The molecule has 0 aliphatic carbocycles. The lowest BCUT2D eigenvalue weighted by Gasteiger charge is -2.46. The number of hydrogen-bond donors (Lipinski definition) is 9. The minimum Gasteiger partial charge on any atom is -0.394 e. The fourth-order valence-electron chi connectivity index (χ4n) is 10.4. The van der Waals surface area contributed by atoms with Crippen molar-refractivity contribution >= 4 is 5.91 Å². The zero-order valence-corrected chi connectivity index (χ0v) is 52.4. The number of nitrogens with one attached hydrogen (secondary N) is 1. The first-order chi connectivity index (χ1) is 41.1. The molecule has 84 heavy (non-hydrogen) atoms. The average Bonchev–Trinajstić information content (AvgIpc) is 3.62. The van der Waals surface area contributed by atoms with Crippen LogP contribution in [0.4, 0.5) is 0 Å². The van der Waals surface area contributed by atoms with Crippen molar-refractivity contribution in [1.29, 1.82) is 0 Å². The molecular formula is C70H121NO13. The molecule has 2 saturated heterocycles. The van der Waals surface area contributed by atoms with Gasteiger partial charge in [-0.2, -0.15) is 0 Å². The maximum Gasteiger partial charge on any atom is 0.220 e. The Labute approximate surface area is 509 Å². The van der Waals surface area contributed by atoms with E-state index in [0.717, 1.165) is 77.0 Å². The molecule has 2 heterocycles. The van der Waals surface area contributed by atoms with Crippen LogP contribution in [0.3, 0.4) is 0 Å². The largest absolute Gasteiger partial charge is 0.394 e. The number of allylic oxidation sites excluding steroid dienone is 15. The van der Waals surface area contributed by atoms with Gasteiger partial charge in [0.15, 0.2) is 12.6 Å². The summed E-state index contributed by atoms with van der Waals surface area (Å²) in [5, 5.41) is 87.2. The number of carbonyl (C=O) groups is 1. The molecule has 12 unspecified atom stereocenters. The lowest BCUT2D eigenvalue weighted by molar-refractivity contribution is -0.359. The molecule has 0 aromatic carbocycles. The highest BCUT2D eigenvalue weighted by molar-refractivity contribution is 5.76. The third-order valence-corrected chi connectivity index (χ3v) is 15.7. The summed E-state index contributed by atoms with van der Waals surface area (Å²) in [6, 6.07) is -0.963. The Kier molecular flexibility index (Phi) is 49.6. The summed E-state index contributed by atoms with van der Waals surface area (Å²) in [6.07, 6.45) is 59.0. The topological polar surface area (TPSA) is 228 Å². The van der Waals surface area contributed by atoms with E-state index in [2.05, 4.69) is 104 Å². The Bertz CT molecular complexity index is 1780. The number of rotatable bonds is 53. The highest BCUT2D eigenvalue weighted by atomic mass is 16.7. The smallest absolute Gasteiger partial charge is 0.220 e. The van der Waals surface area contributed by atoms with Crippen LogP contribution in [-0.4, -0.2) is 140 Å². The molecule has 9 N–H and O–H groups in total. The Morgan fingerprint density at radius 1 is 0.440 bits per heavy atom. The average molecular weight is 1180 g/mol. The Balaban J connectivity index is 1.73. The normalized spacial score (nSPS) is 24.3. The summed E-state index contributed by atoms with van der Waals surface area (Å²) >= 11 is 0. The number of unbranched alkanes of at least 4 members (excludes halogenated alkanes) is 26. The molecular weight excluding hydrogens is 1060 g/mol. The number of hydrogen-bond acceptors (Lipinski definition) is 13. The molecule has 14 heteroatoms.